The van der Waals surface area contributed by atoms with E-state index in [0.29, 0.717) is 19.8 Å². The van der Waals surface area contributed by atoms with Gasteiger partial charge >= 0.3 is 118 Å². The third kappa shape index (κ3) is 18.1. The Bertz CT molecular complexity index is 1050. The molecule has 0 fully saturated rings. The van der Waals surface area contributed by atoms with E-state index in [2.05, 4.69) is 0 Å². The van der Waals surface area contributed by atoms with Crippen LogP contribution >= 0.6 is 0 Å². The molecule has 0 aliphatic heterocycles. The van der Waals surface area contributed by atoms with Crippen LogP contribution in [0.25, 0.3) is 0 Å². The normalized spacial score (nSPS) is 10.8. The van der Waals surface area contributed by atoms with Crippen LogP contribution in [0.3, 0.4) is 0 Å². The van der Waals surface area contributed by atoms with Crippen molar-refractivity contribution in [2.45, 2.75) is 40.5 Å². The number of nitrogens with zero attached hydrogens (tertiary/aromatic N) is 2. The Hall–Kier alpha value is 1.86. The summed E-state index contributed by atoms with van der Waals surface area (Å²) in [4.78, 5) is 4.05. The summed E-state index contributed by atoms with van der Waals surface area (Å²) in [5.74, 6) is -0.693. The Morgan fingerprint density at radius 3 is 1.08 bits per heavy atom. The van der Waals surface area contributed by atoms with Gasteiger partial charge in [-0.2, -0.15) is 16.8 Å². The molecule has 37 heavy (non-hydrogen) atoms. The monoisotopic (exact) mass is 594 g/mol. The molecule has 0 aliphatic rings. The molecule has 2 N–H and O–H groups in total. The molecular formula is C23H38N2Na4O6S2. The molecule has 14 heteroatoms. The van der Waals surface area contributed by atoms with Crippen LogP contribution in [0.2, 0.25) is 0 Å². The van der Waals surface area contributed by atoms with Gasteiger partial charge in [0.25, 0.3) is 20.2 Å². The van der Waals surface area contributed by atoms with Crippen molar-refractivity contribution in [2.24, 2.45) is 0 Å². The molecule has 0 aliphatic carbocycles. The van der Waals surface area contributed by atoms with Gasteiger partial charge in [0.05, 0.1) is 18.2 Å². The quantitative estimate of drug-likeness (QED) is 0.214. The molecule has 2 aromatic carbocycles. The maximum absolute atomic E-state index is 11.3. The number of benzene rings is 2. The Balaban J connectivity index is -0.00000289. The van der Waals surface area contributed by atoms with Gasteiger partial charge in [-0.25, -0.2) is 0 Å². The fourth-order valence-corrected chi connectivity index (χ4v) is 4.90. The zero-order chi connectivity index (χ0) is 24.8. The third-order valence-corrected chi connectivity index (χ3v) is 6.75. The standard InChI is InChI=1S/C23H34N2O6S2.4Na.4H/c1-18-11-19(2)14-22(13-18)24(7-5-9-32(26,27)28)17-25(8-6-10-33(29,30)31)23-15-20(3)12-21(4)16-23;;;;;;;;/h11-16H,5-10,17H2,1-4H3,(H,26,27,28)(H,29,30,31);;;;;;;;. The summed E-state index contributed by atoms with van der Waals surface area (Å²) in [6.45, 7) is 9.08. The molecule has 0 spiro atoms. The molecule has 0 unspecified atom stereocenters. The van der Waals surface area contributed by atoms with Crippen molar-refractivity contribution in [1.82, 2.24) is 0 Å². The van der Waals surface area contributed by atoms with Crippen molar-refractivity contribution in [3.63, 3.8) is 0 Å². The fourth-order valence-electron chi connectivity index (χ4n) is 3.91. The van der Waals surface area contributed by atoms with Crippen molar-refractivity contribution < 1.29 is 25.9 Å². The van der Waals surface area contributed by atoms with Crippen LogP contribution in [-0.4, -0.2) is 175 Å². The van der Waals surface area contributed by atoms with Crippen molar-refractivity contribution in [1.29, 1.82) is 0 Å². The Kier molecular flexibility index (Phi) is 23.3. The van der Waals surface area contributed by atoms with Crippen molar-refractivity contribution in [3.05, 3.63) is 58.7 Å². The molecule has 0 amide bonds. The zero-order valence-corrected chi connectivity index (χ0v) is 21.3. The third-order valence-electron chi connectivity index (χ3n) is 5.15. The SMILES string of the molecule is Cc1cc(C)cc(N(CCCS(=O)(=O)O)CN(CCCS(=O)(=O)O)c2cc(C)cc(C)c2)c1.[NaH].[NaH].[NaH].[NaH]. The van der Waals surface area contributed by atoms with Gasteiger partial charge in [0.1, 0.15) is 0 Å². The minimum atomic E-state index is -4.08. The number of rotatable bonds is 12. The van der Waals surface area contributed by atoms with Crippen LogP contribution in [0, 0.1) is 27.7 Å². The number of aryl methyl sites for hydroxylation is 4. The first-order chi connectivity index (χ1) is 15.2. The van der Waals surface area contributed by atoms with Gasteiger partial charge in [0.15, 0.2) is 0 Å². The Morgan fingerprint density at radius 1 is 0.568 bits per heavy atom. The van der Waals surface area contributed by atoms with Gasteiger partial charge in [0.2, 0.25) is 0 Å². The first kappa shape index (κ1) is 43.3. The molecule has 0 aromatic heterocycles. The molecule has 0 atom stereocenters. The van der Waals surface area contributed by atoms with Crippen molar-refractivity contribution in [2.75, 3.05) is 41.1 Å². The molecule has 0 heterocycles. The van der Waals surface area contributed by atoms with Gasteiger partial charge in [-0.05, 0) is 87.1 Å². The first-order valence-electron chi connectivity index (χ1n) is 10.8. The van der Waals surface area contributed by atoms with Crippen LogP contribution in [0.4, 0.5) is 11.4 Å². The van der Waals surface area contributed by atoms with E-state index in [-0.39, 0.29) is 143 Å². The summed E-state index contributed by atoms with van der Waals surface area (Å²) in [5.41, 5.74) is 6.07. The van der Waals surface area contributed by atoms with Crippen molar-refractivity contribution in [3.8, 4) is 0 Å². The number of hydrogen-bond acceptors (Lipinski definition) is 6. The van der Waals surface area contributed by atoms with E-state index in [4.69, 9.17) is 9.11 Å². The summed E-state index contributed by atoms with van der Waals surface area (Å²) in [6.07, 6.45) is 0.467. The predicted molar refractivity (Wildman–Crippen MR) is 162 cm³/mol. The van der Waals surface area contributed by atoms with Crippen LogP contribution in [-0.2, 0) is 20.2 Å². The van der Waals surface area contributed by atoms with Crippen molar-refractivity contribution >= 4 is 150 Å². The summed E-state index contributed by atoms with van der Waals surface area (Å²) >= 11 is 0. The topological polar surface area (TPSA) is 115 Å². The summed E-state index contributed by atoms with van der Waals surface area (Å²) in [5, 5.41) is 0. The first-order valence-corrected chi connectivity index (χ1v) is 14.0. The molecule has 0 bridgehead atoms. The van der Waals surface area contributed by atoms with E-state index in [9.17, 15) is 16.8 Å². The van der Waals surface area contributed by atoms with Gasteiger partial charge < -0.3 is 9.80 Å². The average molecular weight is 595 g/mol. The average Bonchev–Trinajstić information content (AvgIpc) is 2.62. The predicted octanol–water partition coefficient (Wildman–Crippen LogP) is 1.15. The molecule has 192 valence electrons. The second-order valence-corrected chi connectivity index (χ2v) is 11.8. The Labute approximate surface area is 311 Å². The van der Waals surface area contributed by atoms with E-state index >= 15 is 0 Å². The maximum atomic E-state index is 11.3. The number of hydrogen-bond donors (Lipinski definition) is 2. The van der Waals surface area contributed by atoms with Crippen LogP contribution in [0.5, 0.6) is 0 Å². The molecule has 2 rings (SSSR count). The zero-order valence-electron chi connectivity index (χ0n) is 19.7. The molecule has 2 aromatic rings. The van der Waals surface area contributed by atoms with E-state index in [1.807, 2.05) is 73.9 Å². The van der Waals surface area contributed by atoms with Crippen LogP contribution in [0.15, 0.2) is 36.4 Å². The van der Waals surface area contributed by atoms with Crippen LogP contribution in [0.1, 0.15) is 35.1 Å². The second kappa shape index (κ2) is 19.9. The van der Waals surface area contributed by atoms with E-state index in [1.54, 1.807) is 0 Å². The van der Waals surface area contributed by atoms with Gasteiger partial charge in [-0.15, -0.1) is 0 Å². The summed E-state index contributed by atoms with van der Waals surface area (Å²) in [7, 11) is -8.15. The van der Waals surface area contributed by atoms with E-state index < -0.39 is 20.2 Å². The van der Waals surface area contributed by atoms with E-state index in [0.717, 1.165) is 33.6 Å². The van der Waals surface area contributed by atoms with Gasteiger partial charge in [0, 0.05) is 24.5 Å². The van der Waals surface area contributed by atoms with Gasteiger partial charge in [-0.1, -0.05) is 12.1 Å². The van der Waals surface area contributed by atoms with E-state index in [1.165, 1.54) is 0 Å². The summed E-state index contributed by atoms with van der Waals surface area (Å²) in [6, 6.07) is 12.1. The minimum absolute atomic E-state index is 0. The van der Waals surface area contributed by atoms with Gasteiger partial charge in [-0.3, -0.25) is 9.11 Å². The fraction of sp³-hybridized carbons (Fsp3) is 0.478. The molecule has 0 saturated heterocycles. The molecular weight excluding hydrogens is 556 g/mol. The second-order valence-electron chi connectivity index (χ2n) is 8.64. The Morgan fingerprint density at radius 2 is 0.838 bits per heavy atom. The summed E-state index contributed by atoms with van der Waals surface area (Å²) < 4.78 is 63.4. The molecule has 0 radical (unpaired) electrons. The molecule has 0 saturated carbocycles. The molecule has 8 nitrogen and oxygen atoms in total. The van der Waals surface area contributed by atoms with Crippen LogP contribution < -0.4 is 9.80 Å². The number of anilines is 2.